The van der Waals surface area contributed by atoms with Gasteiger partial charge in [-0.1, -0.05) is 12.1 Å². The van der Waals surface area contributed by atoms with Gasteiger partial charge in [0.15, 0.2) is 0 Å². The summed E-state index contributed by atoms with van der Waals surface area (Å²) in [4.78, 5) is 28.5. The number of rotatable bonds is 4. The highest BCUT2D eigenvalue weighted by molar-refractivity contribution is 5.94. The Morgan fingerprint density at radius 1 is 1.21 bits per heavy atom. The Morgan fingerprint density at radius 3 is 2.75 bits per heavy atom. The van der Waals surface area contributed by atoms with Crippen LogP contribution in [0.15, 0.2) is 24.3 Å². The van der Waals surface area contributed by atoms with Crippen LogP contribution < -0.4 is 10.6 Å². The van der Waals surface area contributed by atoms with Crippen LogP contribution in [0.5, 0.6) is 0 Å². The van der Waals surface area contributed by atoms with Crippen molar-refractivity contribution in [3.8, 4) is 0 Å². The Bertz CT molecular complexity index is 598. The number of carbonyl (C=O) groups is 2. The van der Waals surface area contributed by atoms with Crippen LogP contribution in [0.2, 0.25) is 0 Å². The average Bonchev–Trinajstić information content (AvgIpc) is 3.30. The van der Waals surface area contributed by atoms with Crippen molar-refractivity contribution in [2.75, 3.05) is 33.2 Å². The van der Waals surface area contributed by atoms with Crippen molar-refractivity contribution < 1.29 is 9.59 Å². The molecule has 0 aromatic heterocycles. The summed E-state index contributed by atoms with van der Waals surface area (Å²) in [5.74, 6) is -0.115. The van der Waals surface area contributed by atoms with E-state index in [0.29, 0.717) is 18.2 Å². The van der Waals surface area contributed by atoms with Crippen molar-refractivity contribution in [1.29, 1.82) is 0 Å². The van der Waals surface area contributed by atoms with E-state index in [-0.39, 0.29) is 11.9 Å². The molecule has 2 fully saturated rings. The van der Waals surface area contributed by atoms with E-state index in [0.717, 1.165) is 25.1 Å². The standard InChI is InChI=1S/C18H26N4O2/c1-19-17(23)15-6-4-5-14(11-15)12-20-18(24)22-10-7-16(13-22)21-8-2-3-9-21/h4-6,11,16H,2-3,7-10,12-13H2,1H3,(H,19,23)(H,20,24)/t16-/m0/s1. The Hall–Kier alpha value is -2.08. The van der Waals surface area contributed by atoms with Gasteiger partial charge in [-0.3, -0.25) is 9.69 Å². The molecule has 1 atom stereocenters. The zero-order chi connectivity index (χ0) is 16.9. The lowest BCUT2D eigenvalue weighted by atomic mass is 10.1. The minimum Gasteiger partial charge on any atom is -0.355 e. The van der Waals surface area contributed by atoms with Crippen molar-refractivity contribution >= 4 is 11.9 Å². The summed E-state index contributed by atoms with van der Waals surface area (Å²) in [6.07, 6.45) is 3.63. The molecule has 0 spiro atoms. The molecule has 2 aliphatic rings. The van der Waals surface area contributed by atoms with Crippen LogP contribution in [-0.4, -0.2) is 61.0 Å². The molecule has 0 unspecified atom stereocenters. The SMILES string of the molecule is CNC(=O)c1cccc(CNC(=O)N2CC[C@H](N3CCCC3)C2)c1. The summed E-state index contributed by atoms with van der Waals surface area (Å²) >= 11 is 0. The van der Waals surface area contributed by atoms with Crippen LogP contribution in [-0.2, 0) is 6.54 Å². The van der Waals surface area contributed by atoms with Crippen LogP contribution in [0.25, 0.3) is 0 Å². The highest BCUT2D eigenvalue weighted by Crippen LogP contribution is 2.20. The van der Waals surface area contributed by atoms with Gasteiger partial charge < -0.3 is 15.5 Å². The molecule has 1 aromatic rings. The molecular weight excluding hydrogens is 304 g/mol. The monoisotopic (exact) mass is 330 g/mol. The van der Waals surface area contributed by atoms with Crippen LogP contribution in [0.4, 0.5) is 4.79 Å². The van der Waals surface area contributed by atoms with E-state index in [1.54, 1.807) is 13.1 Å². The third kappa shape index (κ3) is 3.87. The average molecular weight is 330 g/mol. The molecule has 1 aromatic carbocycles. The molecular formula is C18H26N4O2. The maximum Gasteiger partial charge on any atom is 0.317 e. The third-order valence-electron chi connectivity index (χ3n) is 4.97. The summed E-state index contributed by atoms with van der Waals surface area (Å²) in [6.45, 7) is 4.43. The maximum atomic E-state index is 12.4. The molecule has 3 amide bonds. The molecule has 0 saturated carbocycles. The van der Waals surface area contributed by atoms with Gasteiger partial charge >= 0.3 is 6.03 Å². The van der Waals surface area contributed by atoms with E-state index in [4.69, 9.17) is 0 Å². The summed E-state index contributed by atoms with van der Waals surface area (Å²) < 4.78 is 0. The van der Waals surface area contributed by atoms with Crippen LogP contribution in [0.3, 0.4) is 0 Å². The van der Waals surface area contributed by atoms with Gasteiger partial charge in [0.25, 0.3) is 5.91 Å². The number of hydrogen-bond acceptors (Lipinski definition) is 3. The second kappa shape index (κ2) is 7.66. The normalized spacial score (nSPS) is 21.0. The first kappa shape index (κ1) is 16.8. The topological polar surface area (TPSA) is 64.7 Å². The molecule has 0 radical (unpaired) electrons. The van der Waals surface area contributed by atoms with Crippen molar-refractivity contribution in [1.82, 2.24) is 20.4 Å². The Labute approximate surface area is 143 Å². The number of benzene rings is 1. The van der Waals surface area contributed by atoms with E-state index in [2.05, 4.69) is 15.5 Å². The lowest BCUT2D eigenvalue weighted by Gasteiger charge is -2.23. The number of nitrogens with one attached hydrogen (secondary N) is 2. The van der Waals surface area contributed by atoms with Gasteiger partial charge in [0.1, 0.15) is 0 Å². The Morgan fingerprint density at radius 2 is 2.00 bits per heavy atom. The second-order valence-corrected chi connectivity index (χ2v) is 6.57. The first-order valence-corrected chi connectivity index (χ1v) is 8.75. The fourth-order valence-corrected chi connectivity index (χ4v) is 3.59. The molecule has 2 saturated heterocycles. The summed E-state index contributed by atoms with van der Waals surface area (Å²) in [5.41, 5.74) is 1.54. The lowest BCUT2D eigenvalue weighted by Crippen LogP contribution is -2.41. The summed E-state index contributed by atoms with van der Waals surface area (Å²) in [5, 5.41) is 5.58. The second-order valence-electron chi connectivity index (χ2n) is 6.57. The fraction of sp³-hybridized carbons (Fsp3) is 0.556. The summed E-state index contributed by atoms with van der Waals surface area (Å²) in [6, 6.07) is 7.85. The van der Waals surface area contributed by atoms with Gasteiger partial charge in [-0.05, 0) is 50.0 Å². The predicted octanol–water partition coefficient (Wildman–Crippen LogP) is 1.43. The van der Waals surface area contributed by atoms with Crippen LogP contribution >= 0.6 is 0 Å². The van der Waals surface area contributed by atoms with Gasteiger partial charge in [-0.15, -0.1) is 0 Å². The quantitative estimate of drug-likeness (QED) is 0.878. The van der Waals surface area contributed by atoms with Gasteiger partial charge in [0.05, 0.1) is 0 Å². The molecule has 3 rings (SSSR count). The van der Waals surface area contributed by atoms with Crippen molar-refractivity contribution in [3.05, 3.63) is 35.4 Å². The van der Waals surface area contributed by atoms with Crippen LogP contribution in [0, 0.1) is 0 Å². The Balaban J connectivity index is 1.50. The van der Waals surface area contributed by atoms with E-state index in [9.17, 15) is 9.59 Å². The van der Waals surface area contributed by atoms with Crippen LogP contribution in [0.1, 0.15) is 35.2 Å². The van der Waals surface area contributed by atoms with Gasteiger partial charge in [0.2, 0.25) is 0 Å². The number of nitrogens with zero attached hydrogens (tertiary/aromatic N) is 2. The molecule has 6 nitrogen and oxygen atoms in total. The molecule has 2 N–H and O–H groups in total. The minimum absolute atomic E-state index is 0.0120. The fourth-order valence-electron chi connectivity index (χ4n) is 3.59. The molecule has 130 valence electrons. The van der Waals surface area contributed by atoms with E-state index in [1.165, 1.54) is 25.9 Å². The van der Waals surface area contributed by atoms with Gasteiger partial charge in [0, 0.05) is 38.3 Å². The van der Waals surface area contributed by atoms with E-state index >= 15 is 0 Å². The van der Waals surface area contributed by atoms with Gasteiger partial charge in [-0.25, -0.2) is 4.79 Å². The highest BCUT2D eigenvalue weighted by Gasteiger charge is 2.31. The van der Waals surface area contributed by atoms with Crippen molar-refractivity contribution in [3.63, 3.8) is 0 Å². The third-order valence-corrected chi connectivity index (χ3v) is 4.97. The highest BCUT2D eigenvalue weighted by atomic mass is 16.2. The number of amides is 3. The minimum atomic E-state index is -0.115. The number of likely N-dealkylation sites (tertiary alicyclic amines) is 2. The Kier molecular flexibility index (Phi) is 5.35. The maximum absolute atomic E-state index is 12.4. The zero-order valence-electron chi connectivity index (χ0n) is 14.3. The lowest BCUT2D eigenvalue weighted by molar-refractivity contribution is 0.0963. The van der Waals surface area contributed by atoms with Crippen molar-refractivity contribution in [2.45, 2.75) is 31.8 Å². The van der Waals surface area contributed by atoms with Gasteiger partial charge in [-0.2, -0.15) is 0 Å². The van der Waals surface area contributed by atoms with E-state index < -0.39 is 0 Å². The smallest absolute Gasteiger partial charge is 0.317 e. The van der Waals surface area contributed by atoms with Crippen molar-refractivity contribution in [2.24, 2.45) is 0 Å². The number of urea groups is 1. The molecule has 24 heavy (non-hydrogen) atoms. The molecule has 2 aliphatic heterocycles. The van der Waals surface area contributed by atoms with E-state index in [1.807, 2.05) is 23.1 Å². The predicted molar refractivity (Wildman–Crippen MR) is 92.9 cm³/mol. The molecule has 0 bridgehead atoms. The molecule has 2 heterocycles. The first-order valence-electron chi connectivity index (χ1n) is 8.75. The summed E-state index contributed by atoms with van der Waals surface area (Å²) in [7, 11) is 1.61. The number of carbonyl (C=O) groups excluding carboxylic acids is 2. The largest absolute Gasteiger partial charge is 0.355 e. The molecule has 6 heteroatoms. The molecule has 0 aliphatic carbocycles. The zero-order valence-corrected chi connectivity index (χ0v) is 14.3. The number of hydrogen-bond donors (Lipinski definition) is 2. The first-order chi connectivity index (χ1) is 11.7.